The zero-order chi connectivity index (χ0) is 24.9. The lowest BCUT2D eigenvalue weighted by Gasteiger charge is -2.36. The minimum Gasteiger partial charge on any atom is -0.451 e. The fraction of sp³-hybridized carbons (Fsp3) is 0.269. The third-order valence-corrected chi connectivity index (χ3v) is 6.55. The van der Waals surface area contributed by atoms with Gasteiger partial charge in [0.2, 0.25) is 5.91 Å². The summed E-state index contributed by atoms with van der Waals surface area (Å²) in [5, 5.41) is 6.47. The first-order chi connectivity index (χ1) is 16.8. The topological polar surface area (TPSA) is 77.8 Å². The molecule has 0 saturated carbocycles. The Kier molecular flexibility index (Phi) is 7.73. The number of hydrogen-bond acceptors (Lipinski definition) is 5. The van der Waals surface area contributed by atoms with E-state index in [0.29, 0.717) is 17.2 Å². The van der Waals surface area contributed by atoms with Gasteiger partial charge in [-0.15, -0.1) is 0 Å². The van der Waals surface area contributed by atoms with Crippen molar-refractivity contribution < 1.29 is 14.0 Å². The summed E-state index contributed by atoms with van der Waals surface area (Å²) < 4.78 is 5.70. The molecule has 3 aromatic rings. The summed E-state index contributed by atoms with van der Waals surface area (Å²) >= 11 is 11.5. The van der Waals surface area contributed by atoms with Crippen molar-refractivity contribution in [3.05, 3.63) is 70.9 Å². The lowest BCUT2D eigenvalue weighted by molar-refractivity contribution is -0.131. The molecule has 2 N–H and O–H groups in total. The SMILES string of the molecule is CCC(=O)N1CCN(c2ccc(NC(=S)NC(=O)c3ccc(-c4ccc(C)c(Cl)c4)o3)cc2)CC1. The number of anilines is 2. The van der Waals surface area contributed by atoms with Crippen molar-refractivity contribution >= 4 is 52.1 Å². The molecule has 35 heavy (non-hydrogen) atoms. The number of hydrogen-bond donors (Lipinski definition) is 2. The van der Waals surface area contributed by atoms with Crippen LogP contribution in [0.5, 0.6) is 0 Å². The molecule has 0 bridgehead atoms. The second kappa shape index (κ2) is 10.9. The number of nitrogens with one attached hydrogen (secondary N) is 2. The number of benzene rings is 2. The number of piperazine rings is 1. The quantitative estimate of drug-likeness (QED) is 0.465. The van der Waals surface area contributed by atoms with Gasteiger partial charge in [-0.3, -0.25) is 14.9 Å². The van der Waals surface area contributed by atoms with Crippen LogP contribution >= 0.6 is 23.8 Å². The molecule has 2 heterocycles. The average molecular weight is 511 g/mol. The van der Waals surface area contributed by atoms with E-state index in [0.717, 1.165) is 48.7 Å². The van der Waals surface area contributed by atoms with E-state index in [-0.39, 0.29) is 16.8 Å². The Labute approximate surface area is 215 Å². The van der Waals surface area contributed by atoms with E-state index >= 15 is 0 Å². The monoisotopic (exact) mass is 510 g/mol. The number of rotatable bonds is 5. The number of carbonyl (C=O) groups excluding carboxylic acids is 2. The Morgan fingerprint density at radius 2 is 1.74 bits per heavy atom. The number of carbonyl (C=O) groups is 2. The molecular weight excluding hydrogens is 484 g/mol. The van der Waals surface area contributed by atoms with E-state index in [1.54, 1.807) is 18.2 Å². The van der Waals surface area contributed by atoms with Crippen molar-refractivity contribution in [2.24, 2.45) is 0 Å². The summed E-state index contributed by atoms with van der Waals surface area (Å²) in [6.45, 7) is 6.87. The molecule has 1 aliphatic heterocycles. The summed E-state index contributed by atoms with van der Waals surface area (Å²) in [6, 6.07) is 16.7. The van der Waals surface area contributed by atoms with Gasteiger partial charge >= 0.3 is 0 Å². The lowest BCUT2D eigenvalue weighted by Crippen LogP contribution is -2.48. The molecule has 2 amide bonds. The molecule has 9 heteroatoms. The van der Waals surface area contributed by atoms with Crippen molar-refractivity contribution in [2.75, 3.05) is 36.4 Å². The van der Waals surface area contributed by atoms with Crippen molar-refractivity contribution in [2.45, 2.75) is 20.3 Å². The van der Waals surface area contributed by atoms with Crippen LogP contribution < -0.4 is 15.5 Å². The van der Waals surface area contributed by atoms with Crippen LogP contribution in [0.25, 0.3) is 11.3 Å². The smallest absolute Gasteiger partial charge is 0.293 e. The third kappa shape index (κ3) is 6.01. The fourth-order valence-electron chi connectivity index (χ4n) is 3.88. The largest absolute Gasteiger partial charge is 0.451 e. The average Bonchev–Trinajstić information content (AvgIpc) is 3.36. The molecule has 0 spiro atoms. The molecule has 1 aromatic heterocycles. The highest BCUT2D eigenvalue weighted by molar-refractivity contribution is 7.80. The second-order valence-electron chi connectivity index (χ2n) is 8.30. The van der Waals surface area contributed by atoms with Gasteiger partial charge in [0.05, 0.1) is 0 Å². The predicted molar refractivity (Wildman–Crippen MR) is 143 cm³/mol. The molecule has 182 valence electrons. The molecule has 7 nitrogen and oxygen atoms in total. The summed E-state index contributed by atoms with van der Waals surface area (Å²) in [7, 11) is 0. The number of halogens is 1. The number of amides is 2. The molecule has 2 aromatic carbocycles. The standard InChI is InChI=1S/C26H27ClN4O3S/c1-3-24(32)31-14-12-30(13-15-31)20-8-6-19(7-9-20)28-26(35)29-25(33)23-11-10-22(34-23)18-5-4-17(2)21(27)16-18/h4-11,16H,3,12-15H2,1-2H3,(H2,28,29,33,35). The van der Waals surface area contributed by atoms with Gasteiger partial charge in [0.1, 0.15) is 5.76 Å². The maximum absolute atomic E-state index is 12.6. The van der Waals surface area contributed by atoms with Gasteiger partial charge in [0, 0.05) is 54.6 Å². The minimum absolute atomic E-state index is 0.150. The molecule has 4 rings (SSSR count). The van der Waals surface area contributed by atoms with Crippen LogP contribution in [0.1, 0.15) is 29.5 Å². The van der Waals surface area contributed by atoms with E-state index in [9.17, 15) is 9.59 Å². The zero-order valence-electron chi connectivity index (χ0n) is 19.6. The molecule has 1 aliphatic rings. The van der Waals surface area contributed by atoms with E-state index in [1.165, 1.54) is 0 Å². The van der Waals surface area contributed by atoms with E-state index in [4.69, 9.17) is 28.2 Å². The Morgan fingerprint density at radius 3 is 2.40 bits per heavy atom. The molecular formula is C26H27ClN4O3S. The molecule has 0 aliphatic carbocycles. The van der Waals surface area contributed by atoms with Gasteiger partial charge in [-0.2, -0.15) is 0 Å². The number of nitrogens with zero attached hydrogens (tertiary/aromatic N) is 2. The van der Waals surface area contributed by atoms with Crippen LogP contribution in [-0.4, -0.2) is 48.0 Å². The molecule has 0 atom stereocenters. The zero-order valence-corrected chi connectivity index (χ0v) is 21.2. The fourth-order valence-corrected chi connectivity index (χ4v) is 4.27. The maximum atomic E-state index is 12.6. The van der Waals surface area contributed by atoms with Gasteiger partial charge < -0.3 is 19.5 Å². The maximum Gasteiger partial charge on any atom is 0.293 e. The van der Waals surface area contributed by atoms with Crippen molar-refractivity contribution in [3.8, 4) is 11.3 Å². The third-order valence-electron chi connectivity index (χ3n) is 5.94. The first-order valence-electron chi connectivity index (χ1n) is 11.5. The number of furan rings is 1. The molecule has 0 radical (unpaired) electrons. The van der Waals surface area contributed by atoms with Crippen LogP contribution in [0, 0.1) is 6.92 Å². The summed E-state index contributed by atoms with van der Waals surface area (Å²) in [6.07, 6.45) is 0.541. The summed E-state index contributed by atoms with van der Waals surface area (Å²) in [5.41, 5.74) is 3.59. The predicted octanol–water partition coefficient (Wildman–Crippen LogP) is 5.09. The van der Waals surface area contributed by atoms with Crippen molar-refractivity contribution in [3.63, 3.8) is 0 Å². The van der Waals surface area contributed by atoms with Gasteiger partial charge in [-0.1, -0.05) is 30.7 Å². The van der Waals surface area contributed by atoms with Gasteiger partial charge in [0.25, 0.3) is 5.91 Å². The number of thiocarbonyl (C=S) groups is 1. The second-order valence-corrected chi connectivity index (χ2v) is 9.12. The van der Waals surface area contributed by atoms with Crippen molar-refractivity contribution in [1.29, 1.82) is 0 Å². The number of aryl methyl sites for hydroxylation is 1. The highest BCUT2D eigenvalue weighted by Gasteiger charge is 2.20. The Balaban J connectivity index is 1.30. The van der Waals surface area contributed by atoms with E-state index in [1.807, 2.05) is 55.1 Å². The van der Waals surface area contributed by atoms with Crippen LogP contribution in [-0.2, 0) is 4.79 Å². The molecule has 1 saturated heterocycles. The highest BCUT2D eigenvalue weighted by Crippen LogP contribution is 2.27. The first-order valence-corrected chi connectivity index (χ1v) is 12.2. The van der Waals surface area contributed by atoms with Crippen LogP contribution in [0.2, 0.25) is 5.02 Å². The Bertz CT molecular complexity index is 1230. The van der Waals surface area contributed by atoms with Gasteiger partial charge in [-0.25, -0.2) is 0 Å². The summed E-state index contributed by atoms with van der Waals surface area (Å²) in [5.74, 6) is 0.455. The molecule has 1 fully saturated rings. The first kappa shape index (κ1) is 24.8. The highest BCUT2D eigenvalue weighted by atomic mass is 35.5. The van der Waals surface area contributed by atoms with E-state index in [2.05, 4.69) is 15.5 Å². The van der Waals surface area contributed by atoms with Crippen LogP contribution in [0.4, 0.5) is 11.4 Å². The normalized spacial score (nSPS) is 13.5. The Hall–Kier alpha value is -3.36. The minimum atomic E-state index is -0.442. The van der Waals surface area contributed by atoms with Gasteiger partial charge in [-0.05, 0) is 67.2 Å². The van der Waals surface area contributed by atoms with E-state index < -0.39 is 5.91 Å². The van der Waals surface area contributed by atoms with Crippen molar-refractivity contribution in [1.82, 2.24) is 10.2 Å². The lowest BCUT2D eigenvalue weighted by atomic mass is 10.1. The Morgan fingerprint density at radius 1 is 1.03 bits per heavy atom. The molecule has 0 unspecified atom stereocenters. The van der Waals surface area contributed by atoms with Crippen LogP contribution in [0.3, 0.4) is 0 Å². The van der Waals surface area contributed by atoms with Crippen LogP contribution in [0.15, 0.2) is 59.0 Å². The summed E-state index contributed by atoms with van der Waals surface area (Å²) in [4.78, 5) is 28.6. The van der Waals surface area contributed by atoms with Gasteiger partial charge in [0.15, 0.2) is 10.9 Å².